The van der Waals surface area contributed by atoms with Crippen LogP contribution in [-0.4, -0.2) is 61.0 Å². The Hall–Kier alpha value is -4.22. The molecule has 3 aromatic rings. The van der Waals surface area contributed by atoms with Gasteiger partial charge in [-0.1, -0.05) is 6.07 Å². The van der Waals surface area contributed by atoms with Gasteiger partial charge in [0.1, 0.15) is 5.69 Å². The van der Waals surface area contributed by atoms with E-state index in [9.17, 15) is 4.79 Å². The van der Waals surface area contributed by atoms with Crippen molar-refractivity contribution in [1.29, 1.82) is 5.26 Å². The molecule has 0 aromatic heterocycles. The minimum atomic E-state index is -0.153. The number of nitrogens with zero attached hydrogens (tertiary/aromatic N) is 2. The molecule has 200 valence electrons. The highest BCUT2D eigenvalue weighted by Crippen LogP contribution is 2.34. The van der Waals surface area contributed by atoms with E-state index in [4.69, 9.17) is 24.2 Å². The molecule has 1 N–H and O–H groups in total. The zero-order chi connectivity index (χ0) is 27.5. The Morgan fingerprint density at radius 3 is 2.03 bits per heavy atom. The summed E-state index contributed by atoms with van der Waals surface area (Å²) in [5.41, 5.74) is 3.29. The van der Waals surface area contributed by atoms with Gasteiger partial charge in [0.05, 0.1) is 60.2 Å². The van der Waals surface area contributed by atoms with Crippen LogP contribution >= 0.6 is 0 Å². The van der Waals surface area contributed by atoms with E-state index in [-0.39, 0.29) is 5.91 Å². The fourth-order valence-corrected chi connectivity index (χ4v) is 4.37. The Kier molecular flexibility index (Phi) is 9.97. The fourth-order valence-electron chi connectivity index (χ4n) is 4.37. The second kappa shape index (κ2) is 13.4. The van der Waals surface area contributed by atoms with Crippen molar-refractivity contribution in [2.24, 2.45) is 0 Å². The molecule has 0 aliphatic rings. The number of methoxy groups -OCH3 is 4. The van der Waals surface area contributed by atoms with Crippen LogP contribution in [-0.2, 0) is 6.42 Å². The Morgan fingerprint density at radius 2 is 1.42 bits per heavy atom. The lowest BCUT2D eigenvalue weighted by Crippen LogP contribution is -2.48. The average molecular weight is 519 g/mol. The molecule has 0 saturated heterocycles. The van der Waals surface area contributed by atoms with Crippen molar-refractivity contribution in [3.05, 3.63) is 77.4 Å². The molecule has 3 aromatic carbocycles. The van der Waals surface area contributed by atoms with Crippen LogP contribution in [0.25, 0.3) is 0 Å². The Morgan fingerprint density at radius 1 is 0.816 bits per heavy atom. The molecule has 1 unspecified atom stereocenters. The maximum atomic E-state index is 12.6. The molecule has 0 heterocycles. The first-order valence-corrected chi connectivity index (χ1v) is 12.4. The summed E-state index contributed by atoms with van der Waals surface area (Å²) < 4.78 is 22.5. The number of rotatable bonds is 13. The first kappa shape index (κ1) is 28.4. The van der Waals surface area contributed by atoms with Gasteiger partial charge < -0.3 is 24.3 Å². The van der Waals surface area contributed by atoms with Crippen LogP contribution in [0.15, 0.2) is 60.7 Å². The summed E-state index contributed by atoms with van der Waals surface area (Å²) in [7, 11) is 8.71. The van der Waals surface area contributed by atoms with Crippen LogP contribution < -0.4 is 28.7 Å². The molecule has 0 spiro atoms. The molecule has 0 aliphatic carbocycles. The average Bonchev–Trinajstić information content (AvgIpc) is 2.97. The lowest BCUT2D eigenvalue weighted by molar-refractivity contribution is 0.0952. The molecule has 38 heavy (non-hydrogen) atoms. The number of carbonyl (C=O) groups excluding carboxylic acids is 1. The number of nitriles is 1. The predicted octanol–water partition coefficient (Wildman–Crippen LogP) is 4.59. The number of nitrogens with one attached hydrogen (secondary N) is 1. The van der Waals surface area contributed by atoms with E-state index in [0.717, 1.165) is 37.2 Å². The van der Waals surface area contributed by atoms with Gasteiger partial charge >= 0.3 is 0 Å². The van der Waals surface area contributed by atoms with Gasteiger partial charge in [-0.2, -0.15) is 5.26 Å². The summed E-state index contributed by atoms with van der Waals surface area (Å²) in [5.74, 6) is 2.61. The van der Waals surface area contributed by atoms with Crippen molar-refractivity contribution in [1.82, 2.24) is 9.80 Å². The maximum Gasteiger partial charge on any atom is 0.251 e. The number of ether oxygens (including phenoxy) is 4. The van der Waals surface area contributed by atoms with Crippen LogP contribution in [0.1, 0.15) is 27.9 Å². The SMILES string of the molecule is COc1ccc(CC[N+](C)(CCCNC(=O)c2ccc(C#N)cc2)c2ccc(OC)c(OC)c2)cc1OC. The minimum Gasteiger partial charge on any atom is -0.493 e. The predicted molar refractivity (Wildman–Crippen MR) is 148 cm³/mol. The molecular weight excluding hydrogens is 482 g/mol. The number of carbonyl (C=O) groups is 1. The van der Waals surface area contributed by atoms with Gasteiger partial charge in [-0.05, 0) is 48.0 Å². The summed E-state index contributed by atoms with van der Waals surface area (Å²) in [5, 5.41) is 12.0. The third-order valence-corrected chi connectivity index (χ3v) is 6.72. The standard InChI is InChI=1S/C30H35N3O5/c1-33(25-12-14-27(36-3)29(20-25)38-5,18-15-22-9-13-26(35-2)28(19-22)37-4)17-6-16-32-30(34)24-10-7-23(21-31)8-11-24/h7-14,19-20H,6,15-18H2,1-5H3/p+1. The van der Waals surface area contributed by atoms with Gasteiger partial charge in [-0.3, -0.25) is 9.28 Å². The minimum absolute atomic E-state index is 0.153. The highest BCUT2D eigenvalue weighted by atomic mass is 16.5. The molecule has 1 amide bonds. The van der Waals surface area contributed by atoms with Crippen molar-refractivity contribution in [3.63, 3.8) is 0 Å². The first-order chi connectivity index (χ1) is 18.4. The summed E-state index contributed by atoms with van der Waals surface area (Å²) >= 11 is 0. The molecule has 0 radical (unpaired) electrons. The molecular formula is C30H36N3O5+. The normalized spacial score (nSPS) is 12.1. The third kappa shape index (κ3) is 6.96. The molecule has 0 aliphatic heterocycles. The van der Waals surface area contributed by atoms with Crippen LogP contribution in [0, 0.1) is 11.3 Å². The van der Waals surface area contributed by atoms with Gasteiger partial charge in [-0.25, -0.2) is 0 Å². The molecule has 8 nitrogen and oxygen atoms in total. The number of likely N-dealkylation sites (N-methyl/N-ethyl adjacent to an activating group) is 1. The Bertz CT molecular complexity index is 1270. The van der Waals surface area contributed by atoms with Crippen LogP contribution in [0.2, 0.25) is 0 Å². The van der Waals surface area contributed by atoms with E-state index in [0.29, 0.717) is 45.2 Å². The van der Waals surface area contributed by atoms with Crippen molar-refractivity contribution < 1.29 is 23.7 Å². The highest BCUT2D eigenvalue weighted by molar-refractivity contribution is 5.94. The fraction of sp³-hybridized carbons (Fsp3) is 0.333. The number of quaternary nitrogens is 1. The smallest absolute Gasteiger partial charge is 0.251 e. The quantitative estimate of drug-likeness (QED) is 0.263. The van der Waals surface area contributed by atoms with E-state index in [1.165, 1.54) is 0 Å². The number of hydrogen-bond donors (Lipinski definition) is 1. The highest BCUT2D eigenvalue weighted by Gasteiger charge is 2.26. The van der Waals surface area contributed by atoms with Crippen molar-refractivity contribution in [2.75, 3.05) is 55.1 Å². The van der Waals surface area contributed by atoms with E-state index in [2.05, 4.69) is 30.6 Å². The zero-order valence-electron chi connectivity index (χ0n) is 22.7. The third-order valence-electron chi connectivity index (χ3n) is 6.72. The van der Waals surface area contributed by atoms with Crippen molar-refractivity contribution in [3.8, 4) is 29.1 Å². The van der Waals surface area contributed by atoms with Crippen LogP contribution in [0.5, 0.6) is 23.0 Å². The van der Waals surface area contributed by atoms with Gasteiger partial charge in [-0.15, -0.1) is 0 Å². The largest absolute Gasteiger partial charge is 0.493 e. The number of amides is 1. The Balaban J connectivity index is 1.74. The maximum absolute atomic E-state index is 12.6. The number of benzene rings is 3. The topological polar surface area (TPSA) is 89.8 Å². The van der Waals surface area contributed by atoms with Crippen molar-refractivity contribution in [2.45, 2.75) is 12.8 Å². The van der Waals surface area contributed by atoms with E-state index < -0.39 is 0 Å². The Labute approximate surface area is 224 Å². The summed E-state index contributed by atoms with van der Waals surface area (Å²) in [6.07, 6.45) is 1.57. The zero-order valence-corrected chi connectivity index (χ0v) is 22.7. The molecule has 3 rings (SSSR count). The van der Waals surface area contributed by atoms with Gasteiger partial charge in [0.2, 0.25) is 0 Å². The molecule has 0 saturated carbocycles. The van der Waals surface area contributed by atoms with Crippen molar-refractivity contribution >= 4 is 11.6 Å². The summed E-state index contributed by atoms with van der Waals surface area (Å²) in [4.78, 5) is 12.6. The molecule has 1 atom stereocenters. The van der Waals surface area contributed by atoms with Gasteiger partial charge in [0.15, 0.2) is 23.0 Å². The van der Waals surface area contributed by atoms with E-state index in [1.54, 1.807) is 52.7 Å². The monoisotopic (exact) mass is 518 g/mol. The van der Waals surface area contributed by atoms with Crippen LogP contribution in [0.3, 0.4) is 0 Å². The van der Waals surface area contributed by atoms with E-state index in [1.807, 2.05) is 24.3 Å². The first-order valence-electron chi connectivity index (χ1n) is 12.4. The van der Waals surface area contributed by atoms with Gasteiger partial charge in [0, 0.05) is 37.1 Å². The number of hydrogen-bond acceptors (Lipinski definition) is 6. The van der Waals surface area contributed by atoms with E-state index >= 15 is 0 Å². The molecule has 0 bridgehead atoms. The summed E-state index contributed by atoms with van der Waals surface area (Å²) in [6.45, 7) is 2.13. The lowest BCUT2D eigenvalue weighted by atomic mass is 10.1. The van der Waals surface area contributed by atoms with Crippen LogP contribution in [0.4, 0.5) is 5.69 Å². The summed E-state index contributed by atoms with van der Waals surface area (Å²) in [6, 6.07) is 20.7. The van der Waals surface area contributed by atoms with Gasteiger partial charge in [0.25, 0.3) is 5.91 Å². The molecule has 0 fully saturated rings. The second-order valence-electron chi connectivity index (χ2n) is 9.12. The lowest BCUT2D eigenvalue weighted by Gasteiger charge is -2.35. The second-order valence-corrected chi connectivity index (χ2v) is 9.12. The molecule has 8 heteroatoms.